The topological polar surface area (TPSA) is 118 Å². The van der Waals surface area contributed by atoms with E-state index in [2.05, 4.69) is 20.4 Å². The van der Waals surface area contributed by atoms with Crippen LogP contribution in [0, 0.1) is 12.8 Å². The normalized spacial score (nSPS) is 27.6. The minimum absolute atomic E-state index is 0.0192. The molecule has 1 amide bonds. The van der Waals surface area contributed by atoms with Crippen LogP contribution < -0.4 is 5.32 Å². The van der Waals surface area contributed by atoms with Crippen LogP contribution in [-0.2, 0) is 26.7 Å². The van der Waals surface area contributed by atoms with E-state index in [-0.39, 0.29) is 24.3 Å². The second-order valence-electron chi connectivity index (χ2n) is 7.80. The van der Waals surface area contributed by atoms with E-state index >= 15 is 0 Å². The van der Waals surface area contributed by atoms with Gasteiger partial charge in [-0.3, -0.25) is 9.78 Å². The molecule has 3 heterocycles. The number of hydrogen-bond donors (Lipinski definition) is 1. The van der Waals surface area contributed by atoms with Gasteiger partial charge in [-0.2, -0.15) is 4.98 Å². The molecule has 1 N–H and O–H groups in total. The predicted octanol–water partition coefficient (Wildman–Crippen LogP) is 0.424. The van der Waals surface area contributed by atoms with Gasteiger partial charge in [-0.15, -0.1) is 0 Å². The third-order valence-corrected chi connectivity index (χ3v) is 6.93. The van der Waals surface area contributed by atoms with E-state index in [1.807, 2.05) is 6.07 Å². The van der Waals surface area contributed by atoms with Crippen molar-refractivity contribution in [3.63, 3.8) is 0 Å². The molecule has 0 bridgehead atoms. The summed E-state index contributed by atoms with van der Waals surface area (Å²) < 4.78 is 31.1. The van der Waals surface area contributed by atoms with Crippen LogP contribution in [0.2, 0.25) is 0 Å². The molecule has 28 heavy (non-hydrogen) atoms. The second kappa shape index (κ2) is 6.93. The molecule has 150 valence electrons. The summed E-state index contributed by atoms with van der Waals surface area (Å²) in [6.07, 6.45) is 6.07. The van der Waals surface area contributed by atoms with Crippen molar-refractivity contribution in [3.8, 4) is 0 Å². The molecule has 0 unspecified atom stereocenters. The Balaban J connectivity index is 1.52. The van der Waals surface area contributed by atoms with Crippen LogP contribution in [0.25, 0.3) is 0 Å². The fraction of sp³-hybridized carbons (Fsp3) is 0.556. The van der Waals surface area contributed by atoms with Gasteiger partial charge in [0, 0.05) is 31.5 Å². The van der Waals surface area contributed by atoms with Gasteiger partial charge in [-0.25, -0.2) is 12.7 Å². The van der Waals surface area contributed by atoms with Gasteiger partial charge in [-0.05, 0) is 37.3 Å². The molecule has 2 fully saturated rings. The van der Waals surface area contributed by atoms with Gasteiger partial charge in [0.05, 0.1) is 18.1 Å². The Hall–Kier alpha value is -2.33. The summed E-state index contributed by atoms with van der Waals surface area (Å²) in [5.74, 6) is 0.927. The maximum absolute atomic E-state index is 12.5. The summed E-state index contributed by atoms with van der Waals surface area (Å²) >= 11 is 0. The molecule has 10 heteroatoms. The molecule has 9 nitrogen and oxygen atoms in total. The molecule has 2 aromatic rings. The van der Waals surface area contributed by atoms with Gasteiger partial charge in [0.15, 0.2) is 5.82 Å². The van der Waals surface area contributed by atoms with Crippen molar-refractivity contribution in [2.75, 3.05) is 19.3 Å². The average Bonchev–Trinajstić information content (AvgIpc) is 3.27. The van der Waals surface area contributed by atoms with Crippen molar-refractivity contribution in [2.24, 2.45) is 5.92 Å². The molecular formula is C18H23N5O4S. The largest absolute Gasteiger partial charge is 0.353 e. The van der Waals surface area contributed by atoms with Crippen molar-refractivity contribution in [1.82, 2.24) is 24.7 Å². The monoisotopic (exact) mass is 405 g/mol. The van der Waals surface area contributed by atoms with Crippen molar-refractivity contribution in [3.05, 3.63) is 41.8 Å². The van der Waals surface area contributed by atoms with E-state index in [1.54, 1.807) is 25.4 Å². The number of sulfonamides is 1. The van der Waals surface area contributed by atoms with Crippen LogP contribution in [-0.4, -0.2) is 59.1 Å². The first-order valence-corrected chi connectivity index (χ1v) is 11.1. The molecule has 1 aliphatic heterocycles. The number of amides is 1. The first-order valence-electron chi connectivity index (χ1n) is 9.20. The Bertz CT molecular complexity index is 977. The Labute approximate surface area is 163 Å². The van der Waals surface area contributed by atoms with Crippen LogP contribution in [0.5, 0.6) is 0 Å². The number of nitrogens with one attached hydrogen (secondary N) is 1. The molecule has 1 saturated heterocycles. The number of fused-ring (bicyclic) bond motifs is 1. The first kappa shape index (κ1) is 19.0. The highest BCUT2D eigenvalue weighted by atomic mass is 32.2. The third kappa shape index (κ3) is 3.53. The number of rotatable bonds is 5. The molecule has 0 aromatic carbocycles. The number of aryl methyl sites for hydroxylation is 1. The summed E-state index contributed by atoms with van der Waals surface area (Å²) in [5.41, 5.74) is 0.292. The van der Waals surface area contributed by atoms with Crippen LogP contribution in [0.4, 0.5) is 0 Å². The molecule has 1 aliphatic carbocycles. The van der Waals surface area contributed by atoms with E-state index in [9.17, 15) is 13.2 Å². The van der Waals surface area contributed by atoms with E-state index in [1.165, 1.54) is 10.6 Å². The van der Waals surface area contributed by atoms with E-state index in [0.29, 0.717) is 37.6 Å². The lowest BCUT2D eigenvalue weighted by molar-refractivity contribution is -0.121. The molecule has 0 spiro atoms. The van der Waals surface area contributed by atoms with Gasteiger partial charge in [0.1, 0.15) is 0 Å². The fourth-order valence-corrected chi connectivity index (χ4v) is 5.40. The van der Waals surface area contributed by atoms with Crippen molar-refractivity contribution in [2.45, 2.75) is 37.6 Å². The van der Waals surface area contributed by atoms with Gasteiger partial charge < -0.3 is 9.84 Å². The molecule has 2 aromatic heterocycles. The maximum atomic E-state index is 12.5. The quantitative estimate of drug-likeness (QED) is 0.766. The van der Waals surface area contributed by atoms with Crippen LogP contribution >= 0.6 is 0 Å². The minimum atomic E-state index is -3.32. The molecular weight excluding hydrogens is 382 g/mol. The highest BCUT2D eigenvalue weighted by Crippen LogP contribution is 2.50. The lowest BCUT2D eigenvalue weighted by Crippen LogP contribution is -2.39. The van der Waals surface area contributed by atoms with Gasteiger partial charge in [-0.1, -0.05) is 11.2 Å². The zero-order valence-electron chi connectivity index (χ0n) is 15.8. The first-order chi connectivity index (χ1) is 13.3. The summed E-state index contributed by atoms with van der Waals surface area (Å²) in [6.45, 7) is 2.44. The standard InChI is InChI=1S/C18H23N5O4S/c1-12-20-17(27-22-12)18-8-15(7-14(18)10-23(11-18)28(2,25)26)21-16(24)6-13-4-3-5-19-9-13/h3-5,9,14-15H,6-8,10-11H2,1-2H3,(H,21,24)/t14-,15+,18-/m0/s1. The predicted molar refractivity (Wildman–Crippen MR) is 99.7 cm³/mol. The molecule has 2 aliphatic rings. The van der Waals surface area contributed by atoms with Crippen LogP contribution in [0.3, 0.4) is 0 Å². The summed E-state index contributed by atoms with van der Waals surface area (Å²) in [5, 5.41) is 6.98. The SMILES string of the molecule is Cc1noc([C@]23C[C@H](NC(=O)Cc4cccnc4)C[C@H]2CN(S(C)(=O)=O)C3)n1. The van der Waals surface area contributed by atoms with Gasteiger partial charge in [0.2, 0.25) is 21.8 Å². The number of nitrogens with zero attached hydrogens (tertiary/aromatic N) is 4. The third-order valence-electron chi connectivity index (χ3n) is 5.72. The smallest absolute Gasteiger partial charge is 0.234 e. The highest BCUT2D eigenvalue weighted by Gasteiger charge is 2.58. The van der Waals surface area contributed by atoms with E-state index < -0.39 is 15.4 Å². The number of hydrogen-bond acceptors (Lipinski definition) is 7. The maximum Gasteiger partial charge on any atom is 0.234 e. The Morgan fingerprint density at radius 2 is 2.29 bits per heavy atom. The molecule has 1 saturated carbocycles. The lowest BCUT2D eigenvalue weighted by Gasteiger charge is -2.24. The minimum Gasteiger partial charge on any atom is -0.353 e. The summed E-state index contributed by atoms with van der Waals surface area (Å²) in [6, 6.07) is 3.60. The average molecular weight is 405 g/mol. The molecule has 3 atom stereocenters. The molecule has 0 radical (unpaired) electrons. The van der Waals surface area contributed by atoms with Crippen LogP contribution in [0.1, 0.15) is 30.1 Å². The Morgan fingerprint density at radius 1 is 1.46 bits per heavy atom. The zero-order valence-corrected chi connectivity index (χ0v) is 16.6. The fourth-order valence-electron chi connectivity index (χ4n) is 4.48. The van der Waals surface area contributed by atoms with Gasteiger partial charge >= 0.3 is 0 Å². The van der Waals surface area contributed by atoms with Crippen molar-refractivity contribution < 1.29 is 17.7 Å². The summed E-state index contributed by atoms with van der Waals surface area (Å²) in [4.78, 5) is 20.9. The van der Waals surface area contributed by atoms with E-state index in [4.69, 9.17) is 4.52 Å². The molecule has 4 rings (SSSR count). The number of carbonyl (C=O) groups is 1. The van der Waals surface area contributed by atoms with Crippen molar-refractivity contribution in [1.29, 1.82) is 0 Å². The Kier molecular flexibility index (Phi) is 4.70. The van der Waals surface area contributed by atoms with E-state index in [0.717, 1.165) is 5.56 Å². The number of aromatic nitrogens is 3. The number of carbonyl (C=O) groups excluding carboxylic acids is 1. The Morgan fingerprint density at radius 3 is 2.93 bits per heavy atom. The second-order valence-corrected chi connectivity index (χ2v) is 9.78. The lowest BCUT2D eigenvalue weighted by atomic mass is 9.80. The highest BCUT2D eigenvalue weighted by molar-refractivity contribution is 7.88. The summed E-state index contributed by atoms with van der Waals surface area (Å²) in [7, 11) is -3.32. The van der Waals surface area contributed by atoms with Crippen molar-refractivity contribution >= 4 is 15.9 Å². The van der Waals surface area contributed by atoms with Gasteiger partial charge in [0.25, 0.3) is 0 Å². The van der Waals surface area contributed by atoms with Crippen LogP contribution in [0.15, 0.2) is 29.0 Å². The zero-order chi connectivity index (χ0) is 19.9. The number of pyridine rings is 1.